The summed E-state index contributed by atoms with van der Waals surface area (Å²) in [5.41, 5.74) is 0.620. The number of anilines is 1. The third-order valence-corrected chi connectivity index (χ3v) is 3.54. The van der Waals surface area contributed by atoms with Crippen LogP contribution in [0.4, 0.5) is 5.69 Å². The predicted octanol–water partition coefficient (Wildman–Crippen LogP) is 4.12. The van der Waals surface area contributed by atoms with Crippen molar-refractivity contribution in [2.24, 2.45) is 0 Å². The van der Waals surface area contributed by atoms with Crippen LogP contribution >= 0.6 is 0 Å². The number of benzene rings is 3. The van der Waals surface area contributed by atoms with Crippen LogP contribution in [0.15, 0.2) is 84.9 Å². The Morgan fingerprint density at radius 3 is 1.69 bits per heavy atom. The summed E-state index contributed by atoms with van der Waals surface area (Å²) >= 11 is 0. The lowest BCUT2D eigenvalue weighted by molar-refractivity contribution is -0.134. The highest BCUT2D eigenvalue weighted by Gasteiger charge is 2.23. The molecule has 0 atom stereocenters. The molecule has 26 heavy (non-hydrogen) atoms. The number of amides is 1. The summed E-state index contributed by atoms with van der Waals surface area (Å²) in [7, 11) is 1.59. The first-order valence-corrected chi connectivity index (χ1v) is 8.13. The molecule has 0 heterocycles. The lowest BCUT2D eigenvalue weighted by Gasteiger charge is -2.20. The van der Waals surface area contributed by atoms with Gasteiger partial charge in [0.05, 0.1) is 7.11 Å². The zero-order valence-electron chi connectivity index (χ0n) is 14.3. The van der Waals surface area contributed by atoms with Crippen molar-refractivity contribution < 1.29 is 19.0 Å². The molecule has 0 saturated heterocycles. The summed E-state index contributed by atoms with van der Waals surface area (Å²) in [4.78, 5) is 12.7. The van der Waals surface area contributed by atoms with Crippen LogP contribution in [0.1, 0.15) is 0 Å². The largest absolute Gasteiger partial charge is 0.497 e. The molecule has 0 aliphatic heterocycles. The second-order valence-corrected chi connectivity index (χ2v) is 5.41. The van der Waals surface area contributed by atoms with E-state index in [0.717, 1.165) is 0 Å². The van der Waals surface area contributed by atoms with Gasteiger partial charge >= 0.3 is 12.2 Å². The van der Waals surface area contributed by atoms with Gasteiger partial charge in [0.25, 0.3) is 0 Å². The SMILES string of the molecule is COc1ccc(NC(=O)C(Oc2ccccc2)Oc2ccccc2)cc1. The topological polar surface area (TPSA) is 56.8 Å². The van der Waals surface area contributed by atoms with E-state index in [2.05, 4.69) is 5.32 Å². The van der Waals surface area contributed by atoms with Crippen molar-refractivity contribution >= 4 is 11.6 Å². The van der Waals surface area contributed by atoms with E-state index in [1.165, 1.54) is 0 Å². The van der Waals surface area contributed by atoms with Crippen molar-refractivity contribution in [1.29, 1.82) is 0 Å². The minimum absolute atomic E-state index is 0.414. The second kappa shape index (κ2) is 8.58. The molecule has 5 nitrogen and oxygen atoms in total. The van der Waals surface area contributed by atoms with Crippen LogP contribution in [0.2, 0.25) is 0 Å². The molecule has 1 amide bonds. The normalized spacial score (nSPS) is 10.2. The van der Waals surface area contributed by atoms with Gasteiger partial charge in [0, 0.05) is 5.69 Å². The molecule has 3 aromatic rings. The Labute approximate surface area is 152 Å². The Bertz CT molecular complexity index is 778. The zero-order valence-corrected chi connectivity index (χ0v) is 14.3. The van der Waals surface area contributed by atoms with Crippen molar-refractivity contribution in [3.63, 3.8) is 0 Å². The number of hydrogen-bond donors (Lipinski definition) is 1. The van der Waals surface area contributed by atoms with Crippen LogP contribution in [0, 0.1) is 0 Å². The first-order valence-electron chi connectivity index (χ1n) is 8.13. The number of carbonyl (C=O) groups excluding carboxylic acids is 1. The molecule has 132 valence electrons. The predicted molar refractivity (Wildman–Crippen MR) is 99.6 cm³/mol. The molecule has 0 aromatic heterocycles. The molecule has 0 radical (unpaired) electrons. The van der Waals surface area contributed by atoms with E-state index < -0.39 is 12.2 Å². The molecule has 5 heteroatoms. The van der Waals surface area contributed by atoms with Crippen LogP contribution < -0.4 is 19.5 Å². The van der Waals surface area contributed by atoms with Crippen LogP contribution in [0.3, 0.4) is 0 Å². The maximum Gasteiger partial charge on any atom is 0.321 e. The first kappa shape index (κ1) is 17.4. The molecule has 0 bridgehead atoms. The van der Waals surface area contributed by atoms with Gasteiger partial charge in [0.15, 0.2) is 0 Å². The Kier molecular flexibility index (Phi) is 5.72. The maximum atomic E-state index is 12.7. The molecule has 0 spiro atoms. The fourth-order valence-electron chi connectivity index (χ4n) is 2.25. The molecule has 0 unspecified atom stereocenters. The van der Waals surface area contributed by atoms with Crippen LogP contribution in [-0.2, 0) is 4.79 Å². The average molecular weight is 349 g/mol. The minimum atomic E-state index is -1.14. The number of nitrogens with one attached hydrogen (secondary N) is 1. The van der Waals surface area contributed by atoms with Gasteiger partial charge < -0.3 is 19.5 Å². The van der Waals surface area contributed by atoms with Gasteiger partial charge in [-0.05, 0) is 48.5 Å². The van der Waals surface area contributed by atoms with Gasteiger partial charge in [-0.25, -0.2) is 0 Å². The Hall–Kier alpha value is -3.47. The number of ether oxygens (including phenoxy) is 3. The van der Waals surface area contributed by atoms with Crippen molar-refractivity contribution in [3.05, 3.63) is 84.9 Å². The average Bonchev–Trinajstić information content (AvgIpc) is 2.69. The third kappa shape index (κ3) is 4.77. The molecule has 3 aromatic carbocycles. The first-order chi connectivity index (χ1) is 12.7. The molecule has 1 N–H and O–H groups in total. The Balaban J connectivity index is 1.75. The highest BCUT2D eigenvalue weighted by atomic mass is 16.7. The molecule has 3 rings (SSSR count). The molecular formula is C21H19NO4. The van der Waals surface area contributed by atoms with E-state index in [4.69, 9.17) is 14.2 Å². The molecule has 0 aliphatic carbocycles. The van der Waals surface area contributed by atoms with E-state index in [1.807, 2.05) is 36.4 Å². The highest BCUT2D eigenvalue weighted by molar-refractivity contribution is 5.93. The zero-order chi connectivity index (χ0) is 18.2. The number of para-hydroxylation sites is 2. The summed E-state index contributed by atoms with van der Waals surface area (Å²) in [6, 6.07) is 25.2. The lowest BCUT2D eigenvalue weighted by Crippen LogP contribution is -2.38. The maximum absolute atomic E-state index is 12.7. The molecule has 0 fully saturated rings. The van der Waals surface area contributed by atoms with Crippen molar-refractivity contribution in [2.45, 2.75) is 6.29 Å². The second-order valence-electron chi connectivity index (χ2n) is 5.41. The van der Waals surface area contributed by atoms with E-state index in [9.17, 15) is 4.79 Å². The molecule has 0 saturated carbocycles. The van der Waals surface area contributed by atoms with Gasteiger partial charge in [0.2, 0.25) is 0 Å². The van der Waals surface area contributed by atoms with Crippen molar-refractivity contribution in [2.75, 3.05) is 12.4 Å². The smallest absolute Gasteiger partial charge is 0.321 e. The Morgan fingerprint density at radius 1 is 0.731 bits per heavy atom. The van der Waals surface area contributed by atoms with Gasteiger partial charge in [-0.3, -0.25) is 4.79 Å². The van der Waals surface area contributed by atoms with Gasteiger partial charge in [0.1, 0.15) is 17.2 Å². The third-order valence-electron chi connectivity index (χ3n) is 3.54. The lowest BCUT2D eigenvalue weighted by atomic mass is 10.3. The van der Waals surface area contributed by atoms with E-state index in [1.54, 1.807) is 55.6 Å². The van der Waals surface area contributed by atoms with E-state index >= 15 is 0 Å². The standard InChI is InChI=1S/C21H19NO4/c1-24-17-14-12-16(13-15-17)22-20(23)21(25-18-8-4-2-5-9-18)26-19-10-6-3-7-11-19/h2-15,21H,1H3,(H,22,23). The summed E-state index contributed by atoms with van der Waals surface area (Å²) in [5.74, 6) is 1.38. The quantitative estimate of drug-likeness (QED) is 0.652. The number of carbonyl (C=O) groups is 1. The fraction of sp³-hybridized carbons (Fsp3) is 0.0952. The van der Waals surface area contributed by atoms with Gasteiger partial charge in [-0.15, -0.1) is 0 Å². The van der Waals surface area contributed by atoms with E-state index in [-0.39, 0.29) is 0 Å². The molecular weight excluding hydrogens is 330 g/mol. The van der Waals surface area contributed by atoms with Crippen LogP contribution in [-0.4, -0.2) is 19.3 Å². The molecule has 0 aliphatic rings. The van der Waals surface area contributed by atoms with Gasteiger partial charge in [-0.1, -0.05) is 36.4 Å². The highest BCUT2D eigenvalue weighted by Crippen LogP contribution is 2.19. The summed E-state index contributed by atoms with van der Waals surface area (Å²) in [6.07, 6.45) is -1.14. The van der Waals surface area contributed by atoms with Crippen LogP contribution in [0.25, 0.3) is 0 Å². The minimum Gasteiger partial charge on any atom is -0.497 e. The number of rotatable bonds is 7. The van der Waals surface area contributed by atoms with Crippen LogP contribution in [0.5, 0.6) is 17.2 Å². The van der Waals surface area contributed by atoms with E-state index in [0.29, 0.717) is 22.9 Å². The van der Waals surface area contributed by atoms with Crippen molar-refractivity contribution in [3.8, 4) is 17.2 Å². The van der Waals surface area contributed by atoms with Crippen molar-refractivity contribution in [1.82, 2.24) is 0 Å². The number of hydrogen-bond acceptors (Lipinski definition) is 4. The fourth-order valence-corrected chi connectivity index (χ4v) is 2.25. The monoisotopic (exact) mass is 349 g/mol. The summed E-state index contributed by atoms with van der Waals surface area (Å²) in [6.45, 7) is 0. The summed E-state index contributed by atoms with van der Waals surface area (Å²) < 4.78 is 16.6. The van der Waals surface area contributed by atoms with Gasteiger partial charge in [-0.2, -0.15) is 0 Å². The summed E-state index contributed by atoms with van der Waals surface area (Å²) in [5, 5.41) is 2.79. The Morgan fingerprint density at radius 2 is 1.23 bits per heavy atom. The number of methoxy groups -OCH3 is 1.